The van der Waals surface area contributed by atoms with Gasteiger partial charge in [-0.1, -0.05) is 27.2 Å². The van der Waals surface area contributed by atoms with Crippen molar-refractivity contribution in [2.45, 2.75) is 33.6 Å². The highest BCUT2D eigenvalue weighted by atomic mass is 32.2. The number of aliphatic hydroxyl groups excluding tert-OH is 1. The summed E-state index contributed by atoms with van der Waals surface area (Å²) in [6.45, 7) is 6.41. The lowest BCUT2D eigenvalue weighted by atomic mass is 10.3. The first-order chi connectivity index (χ1) is 6.94. The molecule has 0 saturated carbocycles. The molecular weight excluding hydrogens is 214 g/mol. The van der Waals surface area contributed by atoms with Crippen LogP contribution in [0.1, 0.15) is 33.6 Å². The Morgan fingerprint density at radius 2 is 1.87 bits per heavy atom. The highest BCUT2D eigenvalue weighted by molar-refractivity contribution is 7.89. The summed E-state index contributed by atoms with van der Waals surface area (Å²) in [5, 5.41) is 8.83. The van der Waals surface area contributed by atoms with Crippen LogP contribution in [0.4, 0.5) is 0 Å². The highest BCUT2D eigenvalue weighted by Gasteiger charge is 2.21. The SMILES string of the molecule is CCCCN(CCO)S(=O)(=O)CC(C)C. The predicted octanol–water partition coefficient (Wildman–Crippen LogP) is 1.07. The smallest absolute Gasteiger partial charge is 0.214 e. The zero-order valence-corrected chi connectivity index (χ0v) is 10.8. The summed E-state index contributed by atoms with van der Waals surface area (Å²) in [5.74, 6) is 0.286. The van der Waals surface area contributed by atoms with Crippen LogP contribution in [0.5, 0.6) is 0 Å². The van der Waals surface area contributed by atoms with Gasteiger partial charge in [-0.2, -0.15) is 4.31 Å². The maximum Gasteiger partial charge on any atom is 0.214 e. The fourth-order valence-corrected chi connectivity index (χ4v) is 3.18. The van der Waals surface area contributed by atoms with Crippen LogP contribution in [0.15, 0.2) is 0 Å². The third-order valence-corrected chi connectivity index (χ3v) is 4.29. The number of aliphatic hydroxyl groups is 1. The first-order valence-corrected chi connectivity index (χ1v) is 7.13. The van der Waals surface area contributed by atoms with E-state index in [1.165, 1.54) is 4.31 Å². The zero-order chi connectivity index (χ0) is 11.9. The van der Waals surface area contributed by atoms with Gasteiger partial charge in [0.15, 0.2) is 0 Å². The summed E-state index contributed by atoms with van der Waals surface area (Å²) in [5.41, 5.74) is 0. The van der Waals surface area contributed by atoms with Crippen LogP contribution in [0.2, 0.25) is 0 Å². The van der Waals surface area contributed by atoms with Crippen molar-refractivity contribution in [3.63, 3.8) is 0 Å². The lowest BCUT2D eigenvalue weighted by Crippen LogP contribution is -2.37. The second-order valence-corrected chi connectivity index (χ2v) is 6.16. The van der Waals surface area contributed by atoms with Gasteiger partial charge in [0, 0.05) is 13.1 Å². The number of hydrogen-bond acceptors (Lipinski definition) is 3. The molecule has 0 aromatic rings. The first-order valence-electron chi connectivity index (χ1n) is 5.52. The van der Waals surface area contributed by atoms with E-state index in [9.17, 15) is 8.42 Å². The second kappa shape index (κ2) is 7.19. The lowest BCUT2D eigenvalue weighted by molar-refractivity contribution is 0.252. The summed E-state index contributed by atoms with van der Waals surface area (Å²) in [4.78, 5) is 0. The van der Waals surface area contributed by atoms with Crippen LogP contribution < -0.4 is 0 Å². The Bertz CT molecular complexity index is 249. The van der Waals surface area contributed by atoms with Crippen LogP contribution in [0.3, 0.4) is 0 Å². The van der Waals surface area contributed by atoms with Crippen LogP contribution in [0.25, 0.3) is 0 Å². The molecule has 1 N–H and O–H groups in total. The highest BCUT2D eigenvalue weighted by Crippen LogP contribution is 2.08. The van der Waals surface area contributed by atoms with Gasteiger partial charge in [0.2, 0.25) is 10.0 Å². The molecule has 0 saturated heterocycles. The van der Waals surface area contributed by atoms with Crippen molar-refractivity contribution in [2.75, 3.05) is 25.4 Å². The third-order valence-electron chi connectivity index (χ3n) is 2.05. The molecule has 0 atom stereocenters. The first kappa shape index (κ1) is 14.9. The van der Waals surface area contributed by atoms with E-state index in [2.05, 4.69) is 0 Å². The minimum Gasteiger partial charge on any atom is -0.395 e. The maximum atomic E-state index is 11.9. The molecule has 0 unspecified atom stereocenters. The molecule has 0 fully saturated rings. The van der Waals surface area contributed by atoms with Crippen molar-refractivity contribution in [1.82, 2.24) is 4.31 Å². The Kier molecular flexibility index (Phi) is 7.13. The number of nitrogens with zero attached hydrogens (tertiary/aromatic N) is 1. The zero-order valence-electron chi connectivity index (χ0n) is 9.94. The topological polar surface area (TPSA) is 57.6 Å². The van der Waals surface area contributed by atoms with E-state index >= 15 is 0 Å². The second-order valence-electron chi connectivity index (χ2n) is 4.15. The Balaban J connectivity index is 4.44. The molecule has 0 aliphatic heterocycles. The predicted molar refractivity (Wildman–Crippen MR) is 62.2 cm³/mol. The molecule has 0 aromatic carbocycles. The minimum atomic E-state index is -3.18. The monoisotopic (exact) mass is 237 g/mol. The standard InChI is InChI=1S/C10H23NO3S/c1-4-5-6-11(7-8-12)15(13,14)9-10(2)3/h10,12H,4-9H2,1-3H3. The number of hydrogen-bond donors (Lipinski definition) is 1. The Hall–Kier alpha value is -0.130. The molecule has 0 spiro atoms. The van der Waals surface area contributed by atoms with Gasteiger partial charge in [0.1, 0.15) is 0 Å². The van der Waals surface area contributed by atoms with Crippen LogP contribution in [-0.4, -0.2) is 43.3 Å². The van der Waals surface area contributed by atoms with E-state index in [1.54, 1.807) is 0 Å². The summed E-state index contributed by atoms with van der Waals surface area (Å²) in [6.07, 6.45) is 1.80. The van der Waals surface area contributed by atoms with Gasteiger partial charge in [-0.25, -0.2) is 8.42 Å². The van der Waals surface area contributed by atoms with E-state index in [1.807, 2.05) is 20.8 Å². The summed E-state index contributed by atoms with van der Waals surface area (Å²) in [7, 11) is -3.18. The maximum absolute atomic E-state index is 11.9. The van der Waals surface area contributed by atoms with Gasteiger partial charge in [-0.05, 0) is 12.3 Å². The number of sulfonamides is 1. The average Bonchev–Trinajstić information content (AvgIpc) is 2.09. The average molecular weight is 237 g/mol. The number of unbranched alkanes of at least 4 members (excludes halogenated alkanes) is 1. The van der Waals surface area contributed by atoms with Crippen molar-refractivity contribution in [1.29, 1.82) is 0 Å². The summed E-state index contributed by atoms with van der Waals surface area (Å²) >= 11 is 0. The van der Waals surface area contributed by atoms with Crippen LogP contribution in [0, 0.1) is 5.92 Å². The Morgan fingerprint density at radius 1 is 1.27 bits per heavy atom. The van der Waals surface area contributed by atoms with E-state index < -0.39 is 10.0 Å². The molecule has 4 nitrogen and oxygen atoms in total. The molecule has 0 heterocycles. The van der Waals surface area contributed by atoms with E-state index in [0.29, 0.717) is 6.54 Å². The Labute approximate surface area is 93.3 Å². The quantitative estimate of drug-likeness (QED) is 0.687. The molecule has 0 bridgehead atoms. The summed E-state index contributed by atoms with van der Waals surface area (Å²) in [6, 6.07) is 0. The largest absolute Gasteiger partial charge is 0.395 e. The number of rotatable bonds is 8. The van der Waals surface area contributed by atoms with Crippen LogP contribution in [-0.2, 0) is 10.0 Å². The molecule has 0 aliphatic carbocycles. The fraction of sp³-hybridized carbons (Fsp3) is 1.00. The van der Waals surface area contributed by atoms with Crippen molar-refractivity contribution >= 4 is 10.0 Å². The van der Waals surface area contributed by atoms with Crippen molar-refractivity contribution in [3.8, 4) is 0 Å². The summed E-state index contributed by atoms with van der Waals surface area (Å²) < 4.78 is 25.1. The van der Waals surface area contributed by atoms with Gasteiger partial charge < -0.3 is 5.11 Å². The van der Waals surface area contributed by atoms with Gasteiger partial charge in [-0.3, -0.25) is 0 Å². The molecule has 0 aromatic heterocycles. The fourth-order valence-electron chi connectivity index (χ4n) is 1.36. The molecule has 15 heavy (non-hydrogen) atoms. The molecule has 92 valence electrons. The van der Waals surface area contributed by atoms with Gasteiger partial charge in [0.25, 0.3) is 0 Å². The van der Waals surface area contributed by atoms with Gasteiger partial charge >= 0.3 is 0 Å². The molecule has 0 rings (SSSR count). The van der Waals surface area contributed by atoms with E-state index in [-0.39, 0.29) is 24.8 Å². The normalized spacial score (nSPS) is 12.7. The van der Waals surface area contributed by atoms with Gasteiger partial charge in [-0.15, -0.1) is 0 Å². The van der Waals surface area contributed by atoms with Crippen molar-refractivity contribution < 1.29 is 13.5 Å². The van der Waals surface area contributed by atoms with Crippen LogP contribution >= 0.6 is 0 Å². The van der Waals surface area contributed by atoms with E-state index in [4.69, 9.17) is 5.11 Å². The molecule has 0 aliphatic rings. The Morgan fingerprint density at radius 3 is 2.27 bits per heavy atom. The lowest BCUT2D eigenvalue weighted by Gasteiger charge is -2.22. The molecule has 5 heteroatoms. The van der Waals surface area contributed by atoms with Gasteiger partial charge in [0.05, 0.1) is 12.4 Å². The molecule has 0 radical (unpaired) electrons. The molecular formula is C10H23NO3S. The van der Waals surface area contributed by atoms with E-state index in [0.717, 1.165) is 12.8 Å². The van der Waals surface area contributed by atoms with Crippen molar-refractivity contribution in [3.05, 3.63) is 0 Å². The minimum absolute atomic E-state index is 0.110. The third kappa shape index (κ3) is 6.12. The van der Waals surface area contributed by atoms with Crippen molar-refractivity contribution in [2.24, 2.45) is 5.92 Å². The molecule has 0 amide bonds.